The summed E-state index contributed by atoms with van der Waals surface area (Å²) < 4.78 is 5.47. The molecule has 1 aliphatic rings. The molecule has 0 aromatic heterocycles. The van der Waals surface area contributed by atoms with Crippen LogP contribution in [0.1, 0.15) is 30.1 Å². The molecule has 1 aliphatic carbocycles. The molecule has 0 spiro atoms. The number of carbonyl (C=O) groups is 1. The van der Waals surface area contributed by atoms with Crippen LogP contribution in [0, 0.1) is 0 Å². The van der Waals surface area contributed by atoms with Crippen LogP contribution in [-0.2, 0) is 4.74 Å². The van der Waals surface area contributed by atoms with Gasteiger partial charge in [-0.2, -0.15) is 0 Å². The van der Waals surface area contributed by atoms with Crippen LogP contribution < -0.4 is 11.1 Å². The SMILES string of the molecule is CCOC1CC(Nc2ccc(N)cc2C(=O)O)C1. The molecule has 1 aromatic rings. The summed E-state index contributed by atoms with van der Waals surface area (Å²) in [5.74, 6) is -0.967. The summed E-state index contributed by atoms with van der Waals surface area (Å²) >= 11 is 0. The fraction of sp³-hybridized carbons (Fsp3) is 0.462. The van der Waals surface area contributed by atoms with Crippen LogP contribution in [0.4, 0.5) is 11.4 Å². The van der Waals surface area contributed by atoms with Gasteiger partial charge in [0.15, 0.2) is 0 Å². The molecule has 0 amide bonds. The topological polar surface area (TPSA) is 84.6 Å². The minimum Gasteiger partial charge on any atom is -0.478 e. The number of aromatic carboxylic acids is 1. The molecule has 0 saturated heterocycles. The zero-order valence-corrected chi connectivity index (χ0v) is 10.3. The van der Waals surface area contributed by atoms with Gasteiger partial charge in [0.05, 0.1) is 11.7 Å². The van der Waals surface area contributed by atoms with Gasteiger partial charge in [0.1, 0.15) is 0 Å². The molecular weight excluding hydrogens is 232 g/mol. The van der Waals surface area contributed by atoms with Crippen LogP contribution in [0.15, 0.2) is 18.2 Å². The molecule has 5 nitrogen and oxygen atoms in total. The average molecular weight is 250 g/mol. The highest BCUT2D eigenvalue weighted by molar-refractivity contribution is 5.95. The van der Waals surface area contributed by atoms with Crippen LogP contribution in [0.5, 0.6) is 0 Å². The quantitative estimate of drug-likeness (QED) is 0.695. The Labute approximate surface area is 106 Å². The highest BCUT2D eigenvalue weighted by atomic mass is 16.5. The minimum atomic E-state index is -0.967. The van der Waals surface area contributed by atoms with E-state index in [1.54, 1.807) is 12.1 Å². The molecule has 2 rings (SSSR count). The number of rotatable bonds is 5. The lowest BCUT2D eigenvalue weighted by molar-refractivity contribution is 0.00298. The third kappa shape index (κ3) is 2.73. The van der Waals surface area contributed by atoms with E-state index in [1.807, 2.05) is 6.92 Å². The second kappa shape index (κ2) is 5.27. The van der Waals surface area contributed by atoms with E-state index in [-0.39, 0.29) is 11.6 Å². The van der Waals surface area contributed by atoms with Gasteiger partial charge in [-0.3, -0.25) is 0 Å². The van der Waals surface area contributed by atoms with Gasteiger partial charge in [0.2, 0.25) is 0 Å². The standard InChI is InChI=1S/C13H18N2O3/c1-2-18-10-6-9(7-10)15-12-4-3-8(14)5-11(12)13(16)17/h3-5,9-10,15H,2,6-7,14H2,1H3,(H,16,17). The Morgan fingerprint density at radius 3 is 2.89 bits per heavy atom. The van der Waals surface area contributed by atoms with Gasteiger partial charge in [0.25, 0.3) is 0 Å². The third-order valence-corrected chi connectivity index (χ3v) is 3.13. The zero-order chi connectivity index (χ0) is 13.1. The summed E-state index contributed by atoms with van der Waals surface area (Å²) in [7, 11) is 0. The first-order chi connectivity index (χ1) is 8.60. The van der Waals surface area contributed by atoms with Gasteiger partial charge in [-0.25, -0.2) is 4.79 Å². The first kappa shape index (κ1) is 12.7. The highest BCUT2D eigenvalue weighted by Gasteiger charge is 2.30. The summed E-state index contributed by atoms with van der Waals surface area (Å²) in [6.07, 6.45) is 2.13. The Morgan fingerprint density at radius 1 is 1.56 bits per heavy atom. The fourth-order valence-electron chi connectivity index (χ4n) is 2.14. The van der Waals surface area contributed by atoms with Crippen LogP contribution in [0.2, 0.25) is 0 Å². The van der Waals surface area contributed by atoms with Gasteiger partial charge in [-0.05, 0) is 38.0 Å². The van der Waals surface area contributed by atoms with Gasteiger partial charge >= 0.3 is 5.97 Å². The summed E-state index contributed by atoms with van der Waals surface area (Å²) in [4.78, 5) is 11.1. The van der Waals surface area contributed by atoms with Crippen LogP contribution in [0.3, 0.4) is 0 Å². The Balaban J connectivity index is 2.00. The first-order valence-corrected chi connectivity index (χ1v) is 6.11. The van der Waals surface area contributed by atoms with Crippen LogP contribution in [0.25, 0.3) is 0 Å². The van der Waals surface area contributed by atoms with Gasteiger partial charge in [-0.15, -0.1) is 0 Å². The average Bonchev–Trinajstić information content (AvgIpc) is 2.28. The van der Waals surface area contributed by atoms with E-state index in [1.165, 1.54) is 6.07 Å². The van der Waals surface area contributed by atoms with Crippen molar-refractivity contribution in [2.75, 3.05) is 17.7 Å². The number of hydrogen-bond donors (Lipinski definition) is 3. The second-order valence-electron chi connectivity index (χ2n) is 4.50. The molecule has 0 aliphatic heterocycles. The molecule has 98 valence electrons. The molecule has 18 heavy (non-hydrogen) atoms. The molecule has 1 aromatic carbocycles. The van der Waals surface area contributed by atoms with Crippen molar-refractivity contribution < 1.29 is 14.6 Å². The Kier molecular flexibility index (Phi) is 3.72. The largest absolute Gasteiger partial charge is 0.478 e. The molecule has 1 saturated carbocycles. The number of ether oxygens (including phenoxy) is 1. The molecule has 0 heterocycles. The van der Waals surface area contributed by atoms with E-state index in [0.717, 1.165) is 19.4 Å². The number of nitrogens with one attached hydrogen (secondary N) is 1. The van der Waals surface area contributed by atoms with E-state index in [4.69, 9.17) is 15.6 Å². The monoisotopic (exact) mass is 250 g/mol. The zero-order valence-electron chi connectivity index (χ0n) is 10.3. The van der Waals surface area contributed by atoms with Crippen molar-refractivity contribution in [1.29, 1.82) is 0 Å². The van der Waals surface area contributed by atoms with E-state index in [2.05, 4.69) is 5.32 Å². The molecular formula is C13H18N2O3. The Hall–Kier alpha value is -1.75. The van der Waals surface area contributed by atoms with Gasteiger partial charge < -0.3 is 20.9 Å². The van der Waals surface area contributed by atoms with Crippen molar-refractivity contribution in [3.05, 3.63) is 23.8 Å². The maximum absolute atomic E-state index is 11.1. The number of carboxylic acids is 1. The second-order valence-corrected chi connectivity index (χ2v) is 4.50. The van der Waals surface area contributed by atoms with Crippen molar-refractivity contribution in [3.8, 4) is 0 Å². The van der Waals surface area contributed by atoms with E-state index in [9.17, 15) is 4.79 Å². The third-order valence-electron chi connectivity index (χ3n) is 3.13. The number of hydrogen-bond acceptors (Lipinski definition) is 4. The molecule has 0 unspecified atom stereocenters. The van der Waals surface area contributed by atoms with Crippen molar-refractivity contribution in [2.45, 2.75) is 31.9 Å². The predicted molar refractivity (Wildman–Crippen MR) is 69.9 cm³/mol. The number of carboxylic acid groups (broad SMARTS) is 1. The normalized spacial score (nSPS) is 22.3. The lowest BCUT2D eigenvalue weighted by atomic mass is 9.88. The number of benzene rings is 1. The minimum absolute atomic E-state index is 0.217. The molecule has 0 radical (unpaired) electrons. The van der Waals surface area contributed by atoms with E-state index < -0.39 is 5.97 Å². The first-order valence-electron chi connectivity index (χ1n) is 6.11. The highest BCUT2D eigenvalue weighted by Crippen LogP contribution is 2.29. The Bertz CT molecular complexity index is 442. The summed E-state index contributed by atoms with van der Waals surface area (Å²) in [5, 5.41) is 12.3. The summed E-state index contributed by atoms with van der Waals surface area (Å²) in [5.41, 5.74) is 6.89. The number of nitrogen functional groups attached to an aromatic ring is 1. The summed E-state index contributed by atoms with van der Waals surface area (Å²) in [6.45, 7) is 2.70. The van der Waals surface area contributed by atoms with Crippen molar-refractivity contribution >= 4 is 17.3 Å². The molecule has 4 N–H and O–H groups in total. The van der Waals surface area contributed by atoms with Crippen molar-refractivity contribution in [1.82, 2.24) is 0 Å². The summed E-state index contributed by atoms with van der Waals surface area (Å²) in [6, 6.07) is 5.17. The maximum atomic E-state index is 11.1. The van der Waals surface area contributed by atoms with Crippen molar-refractivity contribution in [3.63, 3.8) is 0 Å². The molecule has 5 heteroatoms. The smallest absolute Gasteiger partial charge is 0.337 e. The molecule has 1 fully saturated rings. The number of anilines is 2. The van der Waals surface area contributed by atoms with Gasteiger partial charge in [-0.1, -0.05) is 0 Å². The molecule has 0 atom stereocenters. The maximum Gasteiger partial charge on any atom is 0.337 e. The van der Waals surface area contributed by atoms with Crippen molar-refractivity contribution in [2.24, 2.45) is 0 Å². The van der Waals surface area contributed by atoms with Crippen LogP contribution in [-0.4, -0.2) is 29.8 Å². The number of nitrogens with two attached hydrogens (primary N) is 1. The van der Waals surface area contributed by atoms with E-state index in [0.29, 0.717) is 17.5 Å². The fourth-order valence-corrected chi connectivity index (χ4v) is 2.14. The van der Waals surface area contributed by atoms with Gasteiger partial charge in [0, 0.05) is 24.0 Å². The van der Waals surface area contributed by atoms with Crippen LogP contribution >= 0.6 is 0 Å². The predicted octanol–water partition coefficient (Wildman–Crippen LogP) is 1.95. The molecule has 0 bridgehead atoms. The lowest BCUT2D eigenvalue weighted by Crippen LogP contribution is -2.41. The van der Waals surface area contributed by atoms with E-state index >= 15 is 0 Å². The lowest BCUT2D eigenvalue weighted by Gasteiger charge is -2.36. The Morgan fingerprint density at radius 2 is 2.28 bits per heavy atom.